The largest absolute Gasteiger partial charge is 0.461 e. The molecule has 0 radical (unpaired) electrons. The quantitative estimate of drug-likeness (QED) is 0.684. The van der Waals surface area contributed by atoms with Gasteiger partial charge in [-0.15, -0.1) is 0 Å². The van der Waals surface area contributed by atoms with Gasteiger partial charge in [-0.3, -0.25) is 9.59 Å². The molecule has 0 aromatic heterocycles. The van der Waals surface area contributed by atoms with Crippen LogP contribution in [0.2, 0.25) is 0 Å². The first-order valence-electron chi connectivity index (χ1n) is 10.2. The Morgan fingerprint density at radius 2 is 1.68 bits per heavy atom. The number of carbonyl (C=O) groups excluding carboxylic acids is 3. The highest BCUT2D eigenvalue weighted by atomic mass is 16.6. The molecule has 0 spiro atoms. The molecule has 2 saturated heterocycles. The number of Topliss-reactive ketones (excluding diaryl/α,β-unsaturated/α-hetero) is 1. The van der Waals surface area contributed by atoms with Crippen LogP contribution in [0.1, 0.15) is 60.8 Å². The lowest BCUT2D eigenvalue weighted by molar-refractivity contribution is -0.156. The van der Waals surface area contributed by atoms with Crippen LogP contribution in [0.25, 0.3) is 0 Å². The molecule has 7 nitrogen and oxygen atoms in total. The number of alkyl carbamates (subject to hydrolysis) is 1. The molecule has 7 atom stereocenters. The molecule has 0 aromatic rings. The Labute approximate surface area is 167 Å². The minimum absolute atomic E-state index is 0.0368. The monoisotopic (exact) mass is 397 g/mol. The minimum Gasteiger partial charge on any atom is -0.461 e. The van der Waals surface area contributed by atoms with E-state index in [1.54, 1.807) is 21.0 Å². The molecule has 1 N–H and O–H groups in total. The number of fused-ring (bicyclic) bond motifs is 1. The fourth-order valence-corrected chi connectivity index (χ4v) is 4.85. The minimum atomic E-state index is -1.08. The number of hydrogen-bond acceptors (Lipinski definition) is 6. The molecule has 0 saturated carbocycles. The van der Waals surface area contributed by atoms with Gasteiger partial charge in [-0.1, -0.05) is 27.7 Å². The van der Waals surface area contributed by atoms with Crippen molar-refractivity contribution >= 4 is 17.8 Å². The third kappa shape index (κ3) is 4.85. The van der Waals surface area contributed by atoms with E-state index in [0.717, 1.165) is 6.42 Å². The zero-order chi connectivity index (χ0) is 21.3. The van der Waals surface area contributed by atoms with Crippen LogP contribution < -0.4 is 5.32 Å². The number of nitrogens with one attached hydrogen (secondary N) is 1. The second-order valence-electron chi connectivity index (χ2n) is 9.33. The Hall–Kier alpha value is -1.63. The van der Waals surface area contributed by atoms with Gasteiger partial charge in [-0.05, 0) is 39.0 Å². The van der Waals surface area contributed by atoms with Gasteiger partial charge < -0.3 is 19.5 Å². The van der Waals surface area contributed by atoms with Crippen molar-refractivity contribution in [1.29, 1.82) is 0 Å². The zero-order valence-corrected chi connectivity index (χ0v) is 18.2. The summed E-state index contributed by atoms with van der Waals surface area (Å²) in [7, 11) is 1.66. The predicted molar refractivity (Wildman–Crippen MR) is 104 cm³/mol. The molecular formula is C21H35NO6. The van der Waals surface area contributed by atoms with Gasteiger partial charge in [0.15, 0.2) is 5.60 Å². The van der Waals surface area contributed by atoms with Gasteiger partial charge in [0, 0.05) is 18.9 Å². The smallest absolute Gasteiger partial charge is 0.408 e. The van der Waals surface area contributed by atoms with Crippen LogP contribution in [0.5, 0.6) is 0 Å². The average Bonchev–Trinajstić information content (AvgIpc) is 2.91. The molecule has 7 heteroatoms. The standard InChI is InChI=1S/C21H35NO6/c1-12-8-13(2)18(24)27-11-21(6)17(22-19(25)28-21)15(4)16(23)14(3)10-20(5,9-12)26-7/h12-15,17H,8-11H2,1-7H3,(H,22,25)/t12-,13?,14+,15?,17?,20-,21+/m0/s1. The summed E-state index contributed by atoms with van der Waals surface area (Å²) in [6.45, 7) is 11.3. The summed E-state index contributed by atoms with van der Waals surface area (Å²) in [4.78, 5) is 37.6. The summed E-state index contributed by atoms with van der Waals surface area (Å²) < 4.78 is 16.7. The molecule has 0 aliphatic carbocycles. The van der Waals surface area contributed by atoms with E-state index >= 15 is 0 Å². The van der Waals surface area contributed by atoms with E-state index in [0.29, 0.717) is 12.8 Å². The van der Waals surface area contributed by atoms with Crippen LogP contribution >= 0.6 is 0 Å². The summed E-state index contributed by atoms with van der Waals surface area (Å²) in [5, 5.41) is 2.74. The lowest BCUT2D eigenvalue weighted by Crippen LogP contribution is -2.52. The van der Waals surface area contributed by atoms with Gasteiger partial charge in [-0.2, -0.15) is 0 Å². The summed E-state index contributed by atoms with van der Waals surface area (Å²) in [5.41, 5.74) is -1.55. The summed E-state index contributed by atoms with van der Waals surface area (Å²) >= 11 is 0. The maximum absolute atomic E-state index is 13.1. The lowest BCUT2D eigenvalue weighted by Gasteiger charge is -2.36. The molecule has 28 heavy (non-hydrogen) atoms. The molecular weight excluding hydrogens is 362 g/mol. The summed E-state index contributed by atoms with van der Waals surface area (Å²) in [6, 6.07) is -0.561. The molecule has 2 aliphatic heterocycles. The van der Waals surface area contributed by atoms with Gasteiger partial charge in [-0.25, -0.2) is 4.79 Å². The first kappa shape index (κ1) is 22.7. The van der Waals surface area contributed by atoms with Crippen molar-refractivity contribution in [3.8, 4) is 0 Å². The van der Waals surface area contributed by atoms with Crippen molar-refractivity contribution in [2.75, 3.05) is 13.7 Å². The molecule has 2 heterocycles. The van der Waals surface area contributed by atoms with E-state index in [1.807, 2.05) is 20.8 Å². The lowest BCUT2D eigenvalue weighted by atomic mass is 9.76. The first-order valence-corrected chi connectivity index (χ1v) is 10.2. The van der Waals surface area contributed by atoms with Crippen molar-refractivity contribution in [3.05, 3.63) is 0 Å². The molecule has 2 aliphatic rings. The van der Waals surface area contributed by atoms with Crippen molar-refractivity contribution in [1.82, 2.24) is 5.32 Å². The summed E-state index contributed by atoms with van der Waals surface area (Å²) in [6.07, 6.45) is 1.39. The molecule has 2 rings (SSSR count). The van der Waals surface area contributed by atoms with E-state index in [-0.39, 0.29) is 36.1 Å². The van der Waals surface area contributed by atoms with Gasteiger partial charge in [0.1, 0.15) is 12.4 Å². The fraction of sp³-hybridized carbons (Fsp3) is 0.857. The van der Waals surface area contributed by atoms with E-state index in [2.05, 4.69) is 12.2 Å². The SMILES string of the molecule is CO[C@@]1(C)C[C@@H](C)CC(C)C(=O)OC[C@@]2(C)OC(=O)NC2C(C)C(=O)[C@H](C)C1. The van der Waals surface area contributed by atoms with E-state index in [9.17, 15) is 14.4 Å². The van der Waals surface area contributed by atoms with Gasteiger partial charge >= 0.3 is 12.1 Å². The third-order valence-corrected chi connectivity index (χ3v) is 6.36. The summed E-state index contributed by atoms with van der Waals surface area (Å²) in [5.74, 6) is -1.05. The Balaban J connectivity index is 2.35. The van der Waals surface area contributed by atoms with Gasteiger partial charge in [0.05, 0.1) is 17.6 Å². The number of methoxy groups -OCH3 is 1. The Kier molecular flexibility index (Phi) is 6.79. The molecule has 160 valence electrons. The molecule has 0 bridgehead atoms. The topological polar surface area (TPSA) is 90.9 Å². The highest BCUT2D eigenvalue weighted by Crippen LogP contribution is 2.35. The van der Waals surface area contributed by atoms with Crippen molar-refractivity contribution in [2.45, 2.75) is 78.0 Å². The van der Waals surface area contributed by atoms with Gasteiger partial charge in [0.25, 0.3) is 0 Å². The highest BCUT2D eigenvalue weighted by Gasteiger charge is 2.51. The van der Waals surface area contributed by atoms with Crippen LogP contribution in [0, 0.1) is 23.7 Å². The first-order chi connectivity index (χ1) is 12.9. The van der Waals surface area contributed by atoms with Crippen LogP contribution in [0.4, 0.5) is 4.79 Å². The molecule has 2 fully saturated rings. The molecule has 1 amide bonds. The predicted octanol–water partition coefficient (Wildman–Crippen LogP) is 3.10. The number of hydrogen-bond donors (Lipinski definition) is 1. The van der Waals surface area contributed by atoms with Crippen molar-refractivity contribution in [3.63, 3.8) is 0 Å². The fourth-order valence-electron chi connectivity index (χ4n) is 4.85. The molecule has 0 aromatic carbocycles. The normalized spacial score (nSPS) is 43.4. The number of carbonyl (C=O) groups is 3. The third-order valence-electron chi connectivity index (χ3n) is 6.36. The number of rotatable bonds is 1. The molecule has 3 unspecified atom stereocenters. The highest BCUT2D eigenvalue weighted by molar-refractivity contribution is 5.85. The second-order valence-corrected chi connectivity index (χ2v) is 9.33. The Morgan fingerprint density at radius 1 is 1.04 bits per heavy atom. The van der Waals surface area contributed by atoms with Crippen molar-refractivity contribution in [2.24, 2.45) is 23.7 Å². The maximum Gasteiger partial charge on any atom is 0.408 e. The van der Waals surface area contributed by atoms with Crippen LogP contribution in [0.15, 0.2) is 0 Å². The van der Waals surface area contributed by atoms with E-state index in [1.165, 1.54) is 0 Å². The van der Waals surface area contributed by atoms with Crippen molar-refractivity contribution < 1.29 is 28.6 Å². The number of ketones is 1. The number of esters is 1. The number of amides is 1. The van der Waals surface area contributed by atoms with Crippen LogP contribution in [-0.4, -0.2) is 48.8 Å². The Morgan fingerprint density at radius 3 is 2.29 bits per heavy atom. The van der Waals surface area contributed by atoms with Crippen LogP contribution in [0.3, 0.4) is 0 Å². The number of cyclic esters (lactones) is 1. The zero-order valence-electron chi connectivity index (χ0n) is 18.2. The van der Waals surface area contributed by atoms with E-state index < -0.39 is 29.3 Å². The maximum atomic E-state index is 13.1. The van der Waals surface area contributed by atoms with Gasteiger partial charge in [0.2, 0.25) is 0 Å². The second kappa shape index (κ2) is 8.39. The average molecular weight is 398 g/mol. The van der Waals surface area contributed by atoms with E-state index in [4.69, 9.17) is 14.2 Å². The number of ether oxygens (including phenoxy) is 3. The van der Waals surface area contributed by atoms with Crippen LogP contribution in [-0.2, 0) is 23.8 Å². The Bertz CT molecular complexity index is 622.